The van der Waals surface area contributed by atoms with Crippen molar-refractivity contribution >= 4 is 27.3 Å². The van der Waals surface area contributed by atoms with Crippen LogP contribution in [0.5, 0.6) is 0 Å². The molecule has 6 heteroatoms. The molecule has 1 N–H and O–H groups in total. The second kappa shape index (κ2) is 7.03. The molecule has 0 aromatic carbocycles. The van der Waals surface area contributed by atoms with Gasteiger partial charge in [0.2, 0.25) is 11.7 Å². The first-order valence-electron chi connectivity index (χ1n) is 7.58. The van der Waals surface area contributed by atoms with Gasteiger partial charge in [0.25, 0.3) is 0 Å². The van der Waals surface area contributed by atoms with Crippen LogP contribution in [0.1, 0.15) is 38.5 Å². The SMILES string of the molecule is CCNC1CCCCC1Cc1nc(-c2ccc(Br)s2)no1. The summed E-state index contributed by atoms with van der Waals surface area (Å²) in [4.78, 5) is 5.61. The lowest BCUT2D eigenvalue weighted by atomic mass is 9.82. The maximum absolute atomic E-state index is 5.46. The topological polar surface area (TPSA) is 51.0 Å². The summed E-state index contributed by atoms with van der Waals surface area (Å²) in [7, 11) is 0. The first-order valence-corrected chi connectivity index (χ1v) is 9.19. The molecule has 3 rings (SSSR count). The van der Waals surface area contributed by atoms with Crippen LogP contribution in [-0.2, 0) is 6.42 Å². The van der Waals surface area contributed by atoms with Gasteiger partial charge in [-0.15, -0.1) is 11.3 Å². The number of hydrogen-bond acceptors (Lipinski definition) is 5. The maximum Gasteiger partial charge on any atom is 0.227 e. The normalized spacial score (nSPS) is 22.6. The molecule has 0 aliphatic heterocycles. The van der Waals surface area contributed by atoms with Gasteiger partial charge in [0.05, 0.1) is 8.66 Å². The molecular formula is C15H20BrN3OS. The zero-order valence-electron chi connectivity index (χ0n) is 12.1. The number of hydrogen-bond donors (Lipinski definition) is 1. The van der Waals surface area contributed by atoms with Gasteiger partial charge in [-0.3, -0.25) is 0 Å². The second-order valence-corrected chi connectivity index (χ2v) is 7.99. The fourth-order valence-corrected chi connectivity index (χ4v) is 4.39. The number of thiophene rings is 1. The van der Waals surface area contributed by atoms with Crippen molar-refractivity contribution in [1.29, 1.82) is 0 Å². The van der Waals surface area contributed by atoms with Gasteiger partial charge in [-0.25, -0.2) is 0 Å². The summed E-state index contributed by atoms with van der Waals surface area (Å²) in [5.74, 6) is 2.09. The average molecular weight is 370 g/mol. The number of nitrogens with one attached hydrogen (secondary N) is 1. The van der Waals surface area contributed by atoms with Gasteiger partial charge < -0.3 is 9.84 Å². The van der Waals surface area contributed by atoms with E-state index in [1.165, 1.54) is 25.7 Å². The Labute approximate surface area is 137 Å². The van der Waals surface area contributed by atoms with Crippen LogP contribution in [0.25, 0.3) is 10.7 Å². The van der Waals surface area contributed by atoms with Crippen LogP contribution < -0.4 is 5.32 Å². The van der Waals surface area contributed by atoms with E-state index in [1.54, 1.807) is 11.3 Å². The summed E-state index contributed by atoms with van der Waals surface area (Å²) in [6.07, 6.45) is 6.03. The van der Waals surface area contributed by atoms with Crippen molar-refractivity contribution in [2.45, 2.75) is 45.1 Å². The molecular weight excluding hydrogens is 350 g/mol. The van der Waals surface area contributed by atoms with Crippen LogP contribution in [0.2, 0.25) is 0 Å². The van der Waals surface area contributed by atoms with Crippen LogP contribution >= 0.6 is 27.3 Å². The lowest BCUT2D eigenvalue weighted by Crippen LogP contribution is -2.39. The minimum Gasteiger partial charge on any atom is -0.339 e. The number of aromatic nitrogens is 2. The molecule has 0 bridgehead atoms. The van der Waals surface area contributed by atoms with Crippen LogP contribution in [0, 0.1) is 5.92 Å². The molecule has 0 saturated heterocycles. The summed E-state index contributed by atoms with van der Waals surface area (Å²) in [5, 5.41) is 7.72. The van der Waals surface area contributed by atoms with Crippen molar-refractivity contribution in [1.82, 2.24) is 15.5 Å². The Hall–Kier alpha value is -0.720. The summed E-state index contributed by atoms with van der Waals surface area (Å²) >= 11 is 5.09. The van der Waals surface area contributed by atoms with E-state index < -0.39 is 0 Å². The lowest BCUT2D eigenvalue weighted by molar-refractivity contribution is 0.242. The molecule has 1 aliphatic rings. The monoisotopic (exact) mass is 369 g/mol. The highest BCUT2D eigenvalue weighted by molar-refractivity contribution is 9.11. The first-order chi connectivity index (χ1) is 10.3. The van der Waals surface area contributed by atoms with E-state index in [2.05, 4.69) is 38.3 Å². The quantitative estimate of drug-likeness (QED) is 0.854. The van der Waals surface area contributed by atoms with E-state index in [0.717, 1.165) is 27.5 Å². The Morgan fingerprint density at radius 1 is 1.38 bits per heavy atom. The molecule has 0 amide bonds. The predicted molar refractivity (Wildman–Crippen MR) is 88.4 cm³/mol. The molecule has 2 aromatic heterocycles. The third-order valence-corrected chi connectivity index (χ3v) is 5.69. The fourth-order valence-electron chi connectivity index (χ4n) is 3.08. The molecule has 1 fully saturated rings. The van der Waals surface area contributed by atoms with Crippen molar-refractivity contribution < 1.29 is 4.52 Å². The summed E-state index contributed by atoms with van der Waals surface area (Å²) in [5.41, 5.74) is 0. The molecule has 21 heavy (non-hydrogen) atoms. The van der Waals surface area contributed by atoms with Crippen molar-refractivity contribution in [3.8, 4) is 10.7 Å². The van der Waals surface area contributed by atoms with Gasteiger partial charge in [0.1, 0.15) is 0 Å². The van der Waals surface area contributed by atoms with Crippen LogP contribution in [0.15, 0.2) is 20.4 Å². The Bertz CT molecular complexity index is 581. The Morgan fingerprint density at radius 2 is 2.24 bits per heavy atom. The van der Waals surface area contributed by atoms with Crippen LogP contribution in [0.4, 0.5) is 0 Å². The van der Waals surface area contributed by atoms with Gasteiger partial charge in [0.15, 0.2) is 0 Å². The molecule has 2 unspecified atom stereocenters. The Morgan fingerprint density at radius 3 is 3.00 bits per heavy atom. The van der Waals surface area contributed by atoms with Gasteiger partial charge in [0, 0.05) is 12.5 Å². The number of rotatable bonds is 5. The highest BCUT2D eigenvalue weighted by atomic mass is 79.9. The molecule has 4 nitrogen and oxygen atoms in total. The van der Waals surface area contributed by atoms with Gasteiger partial charge >= 0.3 is 0 Å². The van der Waals surface area contributed by atoms with E-state index in [1.807, 2.05) is 12.1 Å². The minimum atomic E-state index is 0.593. The van der Waals surface area contributed by atoms with Crippen molar-refractivity contribution in [3.05, 3.63) is 21.8 Å². The van der Waals surface area contributed by atoms with Gasteiger partial charge in [-0.1, -0.05) is 24.9 Å². The largest absolute Gasteiger partial charge is 0.339 e. The fraction of sp³-hybridized carbons (Fsp3) is 0.600. The Balaban J connectivity index is 1.68. The highest BCUT2D eigenvalue weighted by Crippen LogP contribution is 2.31. The van der Waals surface area contributed by atoms with Gasteiger partial charge in [-0.05, 0) is 53.4 Å². The molecule has 0 spiro atoms. The third kappa shape index (κ3) is 3.73. The zero-order chi connectivity index (χ0) is 14.7. The third-order valence-electron chi connectivity index (χ3n) is 4.07. The highest BCUT2D eigenvalue weighted by Gasteiger charge is 2.26. The van der Waals surface area contributed by atoms with E-state index in [-0.39, 0.29) is 0 Å². The first kappa shape index (κ1) is 15.2. The average Bonchev–Trinajstić information content (AvgIpc) is 3.10. The predicted octanol–water partition coefficient (Wildman–Crippen LogP) is 4.27. The van der Waals surface area contributed by atoms with E-state index in [0.29, 0.717) is 17.8 Å². The summed E-state index contributed by atoms with van der Waals surface area (Å²) in [6.45, 7) is 3.20. The minimum absolute atomic E-state index is 0.593. The number of nitrogens with zero attached hydrogens (tertiary/aromatic N) is 2. The molecule has 2 atom stereocenters. The number of halogens is 1. The smallest absolute Gasteiger partial charge is 0.227 e. The standard InChI is InChI=1S/C15H20BrN3OS/c1-2-17-11-6-4-3-5-10(11)9-14-18-15(19-20-14)12-7-8-13(16)21-12/h7-8,10-11,17H,2-6,9H2,1H3. The molecule has 1 saturated carbocycles. The van der Waals surface area contributed by atoms with E-state index in [4.69, 9.17) is 4.52 Å². The van der Waals surface area contributed by atoms with E-state index >= 15 is 0 Å². The van der Waals surface area contributed by atoms with E-state index in [9.17, 15) is 0 Å². The summed E-state index contributed by atoms with van der Waals surface area (Å²) in [6, 6.07) is 4.62. The molecule has 1 aliphatic carbocycles. The van der Waals surface area contributed by atoms with Crippen molar-refractivity contribution in [2.75, 3.05) is 6.54 Å². The second-order valence-electron chi connectivity index (χ2n) is 5.53. The van der Waals surface area contributed by atoms with Crippen LogP contribution in [-0.4, -0.2) is 22.7 Å². The molecule has 114 valence electrons. The van der Waals surface area contributed by atoms with Crippen molar-refractivity contribution in [2.24, 2.45) is 5.92 Å². The molecule has 0 radical (unpaired) electrons. The maximum atomic E-state index is 5.46. The lowest BCUT2D eigenvalue weighted by Gasteiger charge is -2.31. The van der Waals surface area contributed by atoms with Gasteiger partial charge in [-0.2, -0.15) is 4.98 Å². The Kier molecular flexibility index (Phi) is 5.08. The zero-order valence-corrected chi connectivity index (χ0v) is 14.5. The van der Waals surface area contributed by atoms with Crippen molar-refractivity contribution in [3.63, 3.8) is 0 Å². The summed E-state index contributed by atoms with van der Waals surface area (Å²) < 4.78 is 6.55. The molecule has 2 heterocycles. The van der Waals surface area contributed by atoms with Crippen LogP contribution in [0.3, 0.4) is 0 Å². The molecule has 2 aromatic rings.